The first-order chi connectivity index (χ1) is 9.34. The molecule has 0 atom stereocenters. The van der Waals surface area contributed by atoms with E-state index in [1.54, 1.807) is 0 Å². The highest BCUT2D eigenvalue weighted by atomic mass is 35.5. The molecule has 0 aliphatic heterocycles. The summed E-state index contributed by atoms with van der Waals surface area (Å²) in [5, 5.41) is 3.91. The van der Waals surface area contributed by atoms with E-state index in [0.29, 0.717) is 5.69 Å². The first-order valence-electron chi connectivity index (χ1n) is 5.67. The second-order valence-electron chi connectivity index (χ2n) is 4.16. The average molecular weight is 303 g/mol. The lowest BCUT2D eigenvalue weighted by molar-refractivity contribution is -0.137. The molecular formula is C13H10ClF3N2O. The van der Waals surface area contributed by atoms with Crippen molar-refractivity contribution in [2.75, 3.05) is 0 Å². The van der Waals surface area contributed by atoms with Gasteiger partial charge in [-0.15, -0.1) is 11.6 Å². The summed E-state index contributed by atoms with van der Waals surface area (Å²) in [6.45, 7) is 1.51. The van der Waals surface area contributed by atoms with Crippen LogP contribution in [0.2, 0.25) is 0 Å². The second-order valence-corrected chi connectivity index (χ2v) is 4.42. The molecule has 7 heteroatoms. The topological polar surface area (TPSA) is 34.9 Å². The van der Waals surface area contributed by atoms with Gasteiger partial charge in [-0.1, -0.05) is 12.1 Å². The standard InChI is InChI=1S/C13H10ClF3N2O/c1-8-6-12(20)10(7-14)18-19(8)11-5-3-2-4-9(11)13(15,16)17/h2-6H,7H2,1H3. The van der Waals surface area contributed by atoms with E-state index in [9.17, 15) is 18.0 Å². The summed E-state index contributed by atoms with van der Waals surface area (Å²) in [5.74, 6) is -0.159. The van der Waals surface area contributed by atoms with Gasteiger partial charge >= 0.3 is 6.18 Å². The van der Waals surface area contributed by atoms with Crippen molar-refractivity contribution >= 4 is 11.6 Å². The molecule has 0 aliphatic rings. The molecule has 2 aromatic rings. The molecule has 3 nitrogen and oxygen atoms in total. The van der Waals surface area contributed by atoms with Crippen LogP contribution < -0.4 is 5.43 Å². The van der Waals surface area contributed by atoms with Gasteiger partial charge in [-0.2, -0.15) is 18.3 Å². The normalized spacial score (nSPS) is 11.7. The maximum absolute atomic E-state index is 13.0. The zero-order chi connectivity index (χ0) is 14.9. The smallest absolute Gasteiger partial charge is 0.288 e. The third kappa shape index (κ3) is 2.70. The lowest BCUT2D eigenvalue weighted by atomic mass is 10.1. The van der Waals surface area contributed by atoms with Crippen LogP contribution in [-0.4, -0.2) is 9.78 Å². The van der Waals surface area contributed by atoms with Gasteiger partial charge in [0.15, 0.2) is 0 Å². The number of aryl methyl sites for hydroxylation is 1. The van der Waals surface area contributed by atoms with Crippen molar-refractivity contribution < 1.29 is 13.2 Å². The third-order valence-electron chi connectivity index (χ3n) is 2.74. The molecule has 1 aromatic heterocycles. The fourth-order valence-electron chi connectivity index (χ4n) is 1.82. The number of nitrogens with zero attached hydrogens (tertiary/aromatic N) is 2. The Morgan fingerprint density at radius 1 is 1.30 bits per heavy atom. The lowest BCUT2D eigenvalue weighted by Gasteiger charge is -2.16. The van der Waals surface area contributed by atoms with Crippen LogP contribution in [0.3, 0.4) is 0 Å². The molecule has 0 spiro atoms. The second kappa shape index (κ2) is 5.28. The fraction of sp³-hybridized carbons (Fsp3) is 0.231. The van der Waals surface area contributed by atoms with Crippen LogP contribution in [0, 0.1) is 6.92 Å². The number of rotatable bonds is 2. The number of hydrogen-bond donors (Lipinski definition) is 0. The van der Waals surface area contributed by atoms with E-state index in [0.717, 1.165) is 10.7 Å². The van der Waals surface area contributed by atoms with Gasteiger partial charge in [-0.05, 0) is 19.1 Å². The van der Waals surface area contributed by atoms with Gasteiger partial charge in [0.1, 0.15) is 5.69 Å². The van der Waals surface area contributed by atoms with E-state index in [-0.39, 0.29) is 17.3 Å². The first-order valence-corrected chi connectivity index (χ1v) is 6.20. The fourth-order valence-corrected chi connectivity index (χ4v) is 2.00. The van der Waals surface area contributed by atoms with Crippen molar-refractivity contribution in [1.29, 1.82) is 0 Å². The highest BCUT2D eigenvalue weighted by Gasteiger charge is 2.34. The summed E-state index contributed by atoms with van der Waals surface area (Å²) >= 11 is 5.58. The molecular weight excluding hydrogens is 293 g/mol. The van der Waals surface area contributed by atoms with Gasteiger partial charge in [-0.3, -0.25) is 4.79 Å². The van der Waals surface area contributed by atoms with E-state index in [4.69, 9.17) is 11.6 Å². The highest BCUT2D eigenvalue weighted by Crippen LogP contribution is 2.33. The molecule has 106 valence electrons. The predicted octanol–water partition coefficient (Wildman–Crippen LogP) is 3.30. The van der Waals surface area contributed by atoms with E-state index in [1.165, 1.54) is 31.2 Å². The molecule has 0 amide bonds. The summed E-state index contributed by atoms with van der Waals surface area (Å²) in [4.78, 5) is 11.6. The van der Waals surface area contributed by atoms with Crippen molar-refractivity contribution in [2.45, 2.75) is 19.0 Å². The van der Waals surface area contributed by atoms with Gasteiger partial charge < -0.3 is 0 Å². The zero-order valence-corrected chi connectivity index (χ0v) is 11.2. The molecule has 0 saturated heterocycles. The van der Waals surface area contributed by atoms with Crippen LogP contribution in [0.1, 0.15) is 17.0 Å². The number of halogens is 4. The van der Waals surface area contributed by atoms with Crippen molar-refractivity contribution in [2.24, 2.45) is 0 Å². The summed E-state index contributed by atoms with van der Waals surface area (Å²) in [6.07, 6.45) is -4.50. The number of benzene rings is 1. The minimum Gasteiger partial charge on any atom is -0.288 e. The predicted molar refractivity (Wildman–Crippen MR) is 69.1 cm³/mol. The van der Waals surface area contributed by atoms with Gasteiger partial charge in [0.2, 0.25) is 5.43 Å². The zero-order valence-electron chi connectivity index (χ0n) is 10.4. The Kier molecular flexibility index (Phi) is 3.85. The van der Waals surface area contributed by atoms with Crippen LogP contribution in [0.25, 0.3) is 5.69 Å². The van der Waals surface area contributed by atoms with E-state index < -0.39 is 17.2 Å². The lowest BCUT2D eigenvalue weighted by Crippen LogP contribution is -2.20. The molecule has 2 rings (SSSR count). The summed E-state index contributed by atoms with van der Waals surface area (Å²) < 4.78 is 40.1. The average Bonchev–Trinajstić information content (AvgIpc) is 2.38. The van der Waals surface area contributed by atoms with E-state index in [1.807, 2.05) is 0 Å². The summed E-state index contributed by atoms with van der Waals surface area (Å²) in [6, 6.07) is 6.26. The SMILES string of the molecule is Cc1cc(=O)c(CCl)nn1-c1ccccc1C(F)(F)F. The Morgan fingerprint density at radius 2 is 1.95 bits per heavy atom. The van der Waals surface area contributed by atoms with Gasteiger partial charge in [-0.25, -0.2) is 4.68 Å². The van der Waals surface area contributed by atoms with Crippen molar-refractivity contribution in [3.05, 3.63) is 57.5 Å². The number of alkyl halides is 4. The Hall–Kier alpha value is -1.82. The van der Waals surface area contributed by atoms with E-state index in [2.05, 4.69) is 5.10 Å². The van der Waals surface area contributed by atoms with Gasteiger partial charge in [0.25, 0.3) is 0 Å². The molecule has 1 heterocycles. The van der Waals surface area contributed by atoms with Crippen molar-refractivity contribution in [1.82, 2.24) is 9.78 Å². The van der Waals surface area contributed by atoms with Crippen LogP contribution in [-0.2, 0) is 12.1 Å². The molecule has 0 N–H and O–H groups in total. The Bertz CT molecular complexity index is 695. The van der Waals surface area contributed by atoms with Crippen LogP contribution >= 0.6 is 11.6 Å². The van der Waals surface area contributed by atoms with Gasteiger partial charge in [0, 0.05) is 11.8 Å². The largest absolute Gasteiger partial charge is 0.418 e. The van der Waals surface area contributed by atoms with Crippen molar-refractivity contribution in [3.63, 3.8) is 0 Å². The highest BCUT2D eigenvalue weighted by molar-refractivity contribution is 6.16. The molecule has 0 saturated carbocycles. The maximum Gasteiger partial charge on any atom is 0.418 e. The number of aromatic nitrogens is 2. The number of hydrogen-bond acceptors (Lipinski definition) is 2. The summed E-state index contributed by atoms with van der Waals surface area (Å²) in [7, 11) is 0. The Morgan fingerprint density at radius 3 is 2.55 bits per heavy atom. The minimum atomic E-state index is -4.50. The van der Waals surface area contributed by atoms with Crippen molar-refractivity contribution in [3.8, 4) is 5.69 Å². The quantitative estimate of drug-likeness (QED) is 0.798. The van der Waals surface area contributed by atoms with Crippen LogP contribution in [0.5, 0.6) is 0 Å². The molecule has 1 aromatic carbocycles. The van der Waals surface area contributed by atoms with Crippen LogP contribution in [0.4, 0.5) is 13.2 Å². The Balaban J connectivity index is 2.72. The molecule has 0 aliphatic carbocycles. The number of para-hydroxylation sites is 1. The Labute approximate surface area is 117 Å². The monoisotopic (exact) mass is 302 g/mol. The molecule has 0 unspecified atom stereocenters. The van der Waals surface area contributed by atoms with Crippen LogP contribution in [0.15, 0.2) is 35.1 Å². The maximum atomic E-state index is 13.0. The first kappa shape index (κ1) is 14.6. The summed E-state index contributed by atoms with van der Waals surface area (Å²) in [5.41, 5.74) is -1.03. The molecule has 0 radical (unpaired) electrons. The third-order valence-corrected chi connectivity index (χ3v) is 3.00. The van der Waals surface area contributed by atoms with Gasteiger partial charge in [0.05, 0.1) is 17.1 Å². The molecule has 20 heavy (non-hydrogen) atoms. The molecule has 0 bridgehead atoms. The van der Waals surface area contributed by atoms with E-state index >= 15 is 0 Å². The molecule has 0 fully saturated rings. The minimum absolute atomic E-state index is 0.00856.